The van der Waals surface area contributed by atoms with E-state index in [0.717, 1.165) is 5.56 Å². The predicted octanol–water partition coefficient (Wildman–Crippen LogP) is 5.68. The zero-order valence-electron chi connectivity index (χ0n) is 17.8. The van der Waals surface area contributed by atoms with E-state index in [1.165, 1.54) is 6.07 Å². The summed E-state index contributed by atoms with van der Waals surface area (Å²) in [7, 11) is 1.61. The molecule has 0 saturated carbocycles. The molecular formula is C24H20ClN3O4S. The Morgan fingerprint density at radius 1 is 1.12 bits per heavy atom. The van der Waals surface area contributed by atoms with Crippen LogP contribution in [0.15, 0.2) is 65.1 Å². The summed E-state index contributed by atoms with van der Waals surface area (Å²) in [6.45, 7) is 2.34. The number of carbonyl (C=O) groups is 1. The van der Waals surface area contributed by atoms with Crippen LogP contribution in [-0.4, -0.2) is 29.7 Å². The number of methoxy groups -OCH3 is 1. The van der Waals surface area contributed by atoms with Gasteiger partial charge < -0.3 is 19.2 Å². The topological polar surface area (TPSA) is 85.6 Å². The van der Waals surface area contributed by atoms with Gasteiger partial charge in [0.05, 0.1) is 18.7 Å². The molecule has 0 aliphatic heterocycles. The van der Waals surface area contributed by atoms with Crippen molar-refractivity contribution < 1.29 is 18.7 Å². The highest BCUT2D eigenvalue weighted by Crippen LogP contribution is 2.28. The average molecular weight is 482 g/mol. The maximum atomic E-state index is 12.5. The van der Waals surface area contributed by atoms with Crippen molar-refractivity contribution in [3.05, 3.63) is 71.2 Å². The summed E-state index contributed by atoms with van der Waals surface area (Å²) < 4.78 is 16.4. The summed E-state index contributed by atoms with van der Waals surface area (Å²) in [6.07, 6.45) is 0. The summed E-state index contributed by atoms with van der Waals surface area (Å²) in [5, 5.41) is 6.14. The van der Waals surface area contributed by atoms with E-state index >= 15 is 0 Å². The first kappa shape index (κ1) is 22.6. The lowest BCUT2D eigenvalue weighted by molar-refractivity contribution is 0.0977. The standard InChI is InChI=1S/C24H20ClN3O4S/c1-3-31-20-10-6-15(12-18(20)25)22(29)28-24(33)26-16-7-4-14(5-8-16)23-27-19-13-17(30-2)9-11-21(19)32-23/h4-13H,3H2,1-2H3,(H2,26,28,29,33). The Balaban J connectivity index is 1.40. The Morgan fingerprint density at radius 2 is 1.91 bits per heavy atom. The fraction of sp³-hybridized carbons (Fsp3) is 0.125. The van der Waals surface area contributed by atoms with Crippen LogP contribution in [0, 0.1) is 0 Å². The number of nitrogens with one attached hydrogen (secondary N) is 2. The lowest BCUT2D eigenvalue weighted by Crippen LogP contribution is -2.34. The molecule has 0 fully saturated rings. The summed E-state index contributed by atoms with van der Waals surface area (Å²) in [6, 6.07) is 17.6. The second-order valence-electron chi connectivity index (χ2n) is 6.92. The van der Waals surface area contributed by atoms with Crippen LogP contribution >= 0.6 is 23.8 Å². The monoisotopic (exact) mass is 481 g/mol. The minimum absolute atomic E-state index is 0.159. The number of hydrogen-bond donors (Lipinski definition) is 2. The first-order valence-electron chi connectivity index (χ1n) is 10.1. The molecule has 0 aliphatic rings. The number of hydrogen-bond acceptors (Lipinski definition) is 6. The summed E-state index contributed by atoms with van der Waals surface area (Å²) >= 11 is 11.4. The fourth-order valence-corrected chi connectivity index (χ4v) is 3.55. The van der Waals surface area contributed by atoms with Crippen LogP contribution in [0.2, 0.25) is 5.02 Å². The predicted molar refractivity (Wildman–Crippen MR) is 132 cm³/mol. The molecule has 0 radical (unpaired) electrons. The summed E-state index contributed by atoms with van der Waals surface area (Å²) in [4.78, 5) is 17.0. The highest BCUT2D eigenvalue weighted by atomic mass is 35.5. The molecular weight excluding hydrogens is 462 g/mol. The van der Waals surface area contributed by atoms with Crippen LogP contribution in [0.25, 0.3) is 22.6 Å². The molecule has 4 aromatic rings. The van der Waals surface area contributed by atoms with Gasteiger partial charge in [-0.3, -0.25) is 10.1 Å². The third kappa shape index (κ3) is 5.24. The second kappa shape index (κ2) is 9.89. The van der Waals surface area contributed by atoms with Crippen molar-refractivity contribution in [2.75, 3.05) is 19.0 Å². The van der Waals surface area contributed by atoms with E-state index < -0.39 is 0 Å². The molecule has 0 unspecified atom stereocenters. The molecule has 168 valence electrons. The van der Waals surface area contributed by atoms with Crippen LogP contribution in [0.5, 0.6) is 11.5 Å². The number of benzene rings is 3. The lowest BCUT2D eigenvalue weighted by Gasteiger charge is -2.11. The van der Waals surface area contributed by atoms with Crippen LogP contribution in [0.3, 0.4) is 0 Å². The van der Waals surface area contributed by atoms with Gasteiger partial charge in [0.25, 0.3) is 5.91 Å². The highest BCUT2D eigenvalue weighted by molar-refractivity contribution is 7.80. The number of ether oxygens (including phenoxy) is 2. The number of rotatable bonds is 6. The van der Waals surface area contributed by atoms with Crippen molar-refractivity contribution in [1.29, 1.82) is 0 Å². The smallest absolute Gasteiger partial charge is 0.257 e. The van der Waals surface area contributed by atoms with Gasteiger partial charge in [0.1, 0.15) is 17.0 Å². The molecule has 0 aliphatic carbocycles. The maximum Gasteiger partial charge on any atom is 0.257 e. The van der Waals surface area contributed by atoms with Gasteiger partial charge in [0.15, 0.2) is 10.7 Å². The molecule has 1 heterocycles. The first-order chi connectivity index (χ1) is 16.0. The zero-order chi connectivity index (χ0) is 23.4. The highest BCUT2D eigenvalue weighted by Gasteiger charge is 2.12. The number of amides is 1. The minimum atomic E-state index is -0.379. The number of oxazole rings is 1. The number of carbonyl (C=O) groups excluding carboxylic acids is 1. The molecule has 0 bridgehead atoms. The van der Waals surface area contributed by atoms with Gasteiger partial charge in [0.2, 0.25) is 5.89 Å². The van der Waals surface area contributed by atoms with E-state index in [4.69, 9.17) is 37.7 Å². The Labute approximate surface area is 200 Å². The first-order valence-corrected chi connectivity index (χ1v) is 10.8. The number of fused-ring (bicyclic) bond motifs is 1. The zero-order valence-corrected chi connectivity index (χ0v) is 19.4. The fourth-order valence-electron chi connectivity index (χ4n) is 3.11. The second-order valence-corrected chi connectivity index (χ2v) is 7.73. The Kier molecular flexibility index (Phi) is 6.76. The van der Waals surface area contributed by atoms with Crippen molar-refractivity contribution in [2.24, 2.45) is 0 Å². The van der Waals surface area contributed by atoms with Gasteiger partial charge in [-0.15, -0.1) is 0 Å². The number of nitrogens with zero attached hydrogens (tertiary/aromatic N) is 1. The summed E-state index contributed by atoms with van der Waals surface area (Å²) in [5.41, 5.74) is 3.26. The van der Waals surface area contributed by atoms with Crippen molar-refractivity contribution in [2.45, 2.75) is 6.92 Å². The van der Waals surface area contributed by atoms with Crippen molar-refractivity contribution in [3.63, 3.8) is 0 Å². The van der Waals surface area contributed by atoms with E-state index in [0.29, 0.717) is 51.4 Å². The van der Waals surface area contributed by atoms with Crippen LogP contribution < -0.4 is 20.1 Å². The molecule has 1 amide bonds. The van der Waals surface area contributed by atoms with E-state index in [-0.39, 0.29) is 11.0 Å². The van der Waals surface area contributed by atoms with Crippen molar-refractivity contribution in [3.8, 4) is 23.0 Å². The molecule has 33 heavy (non-hydrogen) atoms. The van der Waals surface area contributed by atoms with E-state index in [9.17, 15) is 4.79 Å². The molecule has 3 aromatic carbocycles. The van der Waals surface area contributed by atoms with Gasteiger partial charge in [-0.05, 0) is 73.7 Å². The third-order valence-electron chi connectivity index (χ3n) is 4.71. The Bertz CT molecular complexity index is 1320. The van der Waals surface area contributed by atoms with Crippen molar-refractivity contribution in [1.82, 2.24) is 10.3 Å². The molecule has 1 aromatic heterocycles. The minimum Gasteiger partial charge on any atom is -0.497 e. The SMILES string of the molecule is CCOc1ccc(C(=O)NC(=S)Nc2ccc(-c3nc4cc(OC)ccc4o3)cc2)cc1Cl. The lowest BCUT2D eigenvalue weighted by atomic mass is 10.2. The van der Waals surface area contributed by atoms with E-state index in [1.54, 1.807) is 19.2 Å². The van der Waals surface area contributed by atoms with Gasteiger partial charge in [0, 0.05) is 22.9 Å². The van der Waals surface area contributed by atoms with Crippen LogP contribution in [0.4, 0.5) is 5.69 Å². The van der Waals surface area contributed by atoms with E-state index in [2.05, 4.69) is 15.6 Å². The number of thiocarbonyl (C=S) groups is 1. The van der Waals surface area contributed by atoms with Gasteiger partial charge >= 0.3 is 0 Å². The van der Waals surface area contributed by atoms with Gasteiger partial charge in [-0.2, -0.15) is 0 Å². The van der Waals surface area contributed by atoms with Crippen LogP contribution in [0.1, 0.15) is 17.3 Å². The molecule has 0 saturated heterocycles. The normalized spacial score (nSPS) is 10.6. The Morgan fingerprint density at radius 3 is 2.61 bits per heavy atom. The molecule has 7 nitrogen and oxygen atoms in total. The Hall–Kier alpha value is -3.62. The quantitative estimate of drug-likeness (QED) is 0.342. The summed E-state index contributed by atoms with van der Waals surface area (Å²) in [5.74, 6) is 1.35. The molecule has 4 rings (SSSR count). The molecule has 9 heteroatoms. The van der Waals surface area contributed by atoms with Gasteiger partial charge in [-0.1, -0.05) is 11.6 Å². The van der Waals surface area contributed by atoms with Gasteiger partial charge in [-0.25, -0.2) is 4.98 Å². The van der Waals surface area contributed by atoms with Crippen LogP contribution in [-0.2, 0) is 0 Å². The maximum absolute atomic E-state index is 12.5. The third-order valence-corrected chi connectivity index (χ3v) is 5.20. The largest absolute Gasteiger partial charge is 0.497 e. The van der Waals surface area contributed by atoms with Crippen molar-refractivity contribution >= 4 is 51.6 Å². The number of aromatic nitrogens is 1. The van der Waals surface area contributed by atoms with E-state index in [1.807, 2.05) is 49.4 Å². The number of halogens is 1. The molecule has 2 N–H and O–H groups in total. The average Bonchev–Trinajstić information content (AvgIpc) is 3.24. The molecule has 0 spiro atoms. The molecule has 0 atom stereocenters. The number of anilines is 1.